The van der Waals surface area contributed by atoms with E-state index in [0.717, 1.165) is 16.5 Å². The number of ether oxygens (including phenoxy) is 1. The van der Waals surface area contributed by atoms with Crippen molar-refractivity contribution in [1.82, 2.24) is 15.1 Å². The third kappa shape index (κ3) is 2.67. The van der Waals surface area contributed by atoms with Crippen molar-refractivity contribution in [3.8, 4) is 0 Å². The Balaban J connectivity index is 1.59. The molecule has 5 heteroatoms. The molecule has 2 atom stereocenters. The number of H-pyrrole nitrogens is 1. The average Bonchev–Trinajstić information content (AvgIpc) is 3.10. The third-order valence-electron chi connectivity index (χ3n) is 4.55. The number of nitrogens with zero attached hydrogens (tertiary/aromatic N) is 2. The molecule has 24 heavy (non-hydrogen) atoms. The second kappa shape index (κ2) is 6.09. The Kier molecular flexibility index (Phi) is 3.78. The van der Waals surface area contributed by atoms with Crippen molar-refractivity contribution in [3.05, 3.63) is 65.9 Å². The summed E-state index contributed by atoms with van der Waals surface area (Å²) in [4.78, 5) is 14.9. The van der Waals surface area contributed by atoms with Gasteiger partial charge < -0.3 is 9.64 Å². The maximum Gasteiger partial charge on any atom is 0.254 e. The first-order valence-corrected chi connectivity index (χ1v) is 8.13. The lowest BCUT2D eigenvalue weighted by Gasteiger charge is -2.38. The van der Waals surface area contributed by atoms with Gasteiger partial charge in [-0.3, -0.25) is 9.89 Å². The summed E-state index contributed by atoms with van der Waals surface area (Å²) >= 11 is 0. The molecule has 0 unspecified atom stereocenters. The number of carbonyl (C=O) groups excluding carboxylic acids is 1. The number of aromatic nitrogens is 2. The van der Waals surface area contributed by atoms with Crippen LogP contribution in [0.1, 0.15) is 28.9 Å². The van der Waals surface area contributed by atoms with Gasteiger partial charge in [0.1, 0.15) is 6.10 Å². The number of nitrogens with one attached hydrogen (secondary N) is 1. The van der Waals surface area contributed by atoms with Gasteiger partial charge in [0.25, 0.3) is 5.91 Å². The van der Waals surface area contributed by atoms with Crippen LogP contribution in [-0.4, -0.2) is 40.2 Å². The number of morpholine rings is 1. The van der Waals surface area contributed by atoms with Crippen LogP contribution in [-0.2, 0) is 4.74 Å². The lowest BCUT2D eigenvalue weighted by molar-refractivity contribution is -0.0486. The van der Waals surface area contributed by atoms with Crippen molar-refractivity contribution < 1.29 is 9.53 Å². The van der Waals surface area contributed by atoms with Crippen LogP contribution in [0.2, 0.25) is 0 Å². The number of carbonyl (C=O) groups is 1. The molecule has 1 saturated heterocycles. The van der Waals surface area contributed by atoms with Gasteiger partial charge in [0.2, 0.25) is 0 Å². The summed E-state index contributed by atoms with van der Waals surface area (Å²) in [7, 11) is 0. The largest absolute Gasteiger partial charge is 0.370 e. The molecule has 1 amide bonds. The van der Waals surface area contributed by atoms with E-state index >= 15 is 0 Å². The standard InChI is InChI=1S/C19H19N3O2/c1-13-12-24-18(14-5-3-2-4-6-14)11-22(13)19(23)15-7-8-17-16(9-15)10-20-21-17/h2-10,13,18H,11-12H2,1H3,(H,20,21)/t13-,18+/m1/s1. The highest BCUT2D eigenvalue weighted by atomic mass is 16.5. The van der Waals surface area contributed by atoms with Crippen molar-refractivity contribution >= 4 is 16.8 Å². The van der Waals surface area contributed by atoms with E-state index in [4.69, 9.17) is 4.74 Å². The second-order valence-electron chi connectivity index (χ2n) is 6.21. The number of benzene rings is 2. The molecule has 0 aliphatic carbocycles. The Morgan fingerprint density at radius 2 is 2.08 bits per heavy atom. The first-order valence-electron chi connectivity index (χ1n) is 8.13. The number of hydrogen-bond donors (Lipinski definition) is 1. The number of rotatable bonds is 2. The first kappa shape index (κ1) is 14.9. The van der Waals surface area contributed by atoms with Crippen molar-refractivity contribution in [2.75, 3.05) is 13.2 Å². The number of aromatic amines is 1. The van der Waals surface area contributed by atoms with E-state index in [1.807, 2.05) is 60.4 Å². The van der Waals surface area contributed by atoms with E-state index in [0.29, 0.717) is 18.7 Å². The summed E-state index contributed by atoms with van der Waals surface area (Å²) in [6.07, 6.45) is 1.66. The van der Waals surface area contributed by atoms with Gasteiger partial charge >= 0.3 is 0 Å². The molecule has 0 spiro atoms. The summed E-state index contributed by atoms with van der Waals surface area (Å²) in [5.41, 5.74) is 2.72. The van der Waals surface area contributed by atoms with Gasteiger partial charge in [0.15, 0.2) is 0 Å². The molecule has 122 valence electrons. The fraction of sp³-hybridized carbons (Fsp3) is 0.263. The fourth-order valence-corrected chi connectivity index (χ4v) is 3.15. The fourth-order valence-electron chi connectivity index (χ4n) is 3.15. The van der Waals surface area contributed by atoms with Gasteiger partial charge in [-0.2, -0.15) is 5.10 Å². The maximum atomic E-state index is 13.0. The minimum absolute atomic E-state index is 0.0369. The molecule has 0 saturated carbocycles. The van der Waals surface area contributed by atoms with Crippen molar-refractivity contribution in [2.24, 2.45) is 0 Å². The molecule has 0 radical (unpaired) electrons. The average molecular weight is 321 g/mol. The van der Waals surface area contributed by atoms with Gasteiger partial charge in [0.05, 0.1) is 30.9 Å². The third-order valence-corrected chi connectivity index (χ3v) is 4.55. The minimum Gasteiger partial charge on any atom is -0.370 e. The smallest absolute Gasteiger partial charge is 0.254 e. The Hall–Kier alpha value is -2.66. The molecule has 4 rings (SSSR count). The monoisotopic (exact) mass is 321 g/mol. The zero-order valence-corrected chi connectivity index (χ0v) is 13.5. The van der Waals surface area contributed by atoms with Crippen LogP contribution in [0.15, 0.2) is 54.7 Å². The van der Waals surface area contributed by atoms with E-state index in [1.54, 1.807) is 6.20 Å². The van der Waals surface area contributed by atoms with Gasteiger partial charge in [-0.15, -0.1) is 0 Å². The number of amides is 1. The molecule has 1 N–H and O–H groups in total. The molecule has 5 nitrogen and oxygen atoms in total. The highest BCUT2D eigenvalue weighted by Gasteiger charge is 2.31. The van der Waals surface area contributed by atoms with E-state index in [9.17, 15) is 4.79 Å². The second-order valence-corrected chi connectivity index (χ2v) is 6.21. The van der Waals surface area contributed by atoms with E-state index in [1.165, 1.54) is 0 Å². The van der Waals surface area contributed by atoms with E-state index in [-0.39, 0.29) is 18.1 Å². The zero-order chi connectivity index (χ0) is 16.5. The lowest BCUT2D eigenvalue weighted by atomic mass is 10.0. The molecular weight excluding hydrogens is 302 g/mol. The van der Waals surface area contributed by atoms with Crippen molar-refractivity contribution in [2.45, 2.75) is 19.1 Å². The van der Waals surface area contributed by atoms with Crippen LogP contribution in [0.5, 0.6) is 0 Å². The Labute approximate surface area is 140 Å². The van der Waals surface area contributed by atoms with Gasteiger partial charge in [-0.25, -0.2) is 0 Å². The van der Waals surface area contributed by atoms with Crippen LogP contribution in [0.25, 0.3) is 10.9 Å². The summed E-state index contributed by atoms with van der Waals surface area (Å²) in [6.45, 7) is 3.13. The molecule has 1 aromatic heterocycles. The van der Waals surface area contributed by atoms with Crippen molar-refractivity contribution in [1.29, 1.82) is 0 Å². The zero-order valence-electron chi connectivity index (χ0n) is 13.5. The van der Waals surface area contributed by atoms with Gasteiger partial charge in [-0.1, -0.05) is 30.3 Å². The lowest BCUT2D eigenvalue weighted by Crippen LogP contribution is -2.48. The van der Waals surface area contributed by atoms with Crippen LogP contribution in [0.4, 0.5) is 0 Å². The Morgan fingerprint density at radius 3 is 2.92 bits per heavy atom. The summed E-state index contributed by atoms with van der Waals surface area (Å²) < 4.78 is 5.94. The molecule has 0 bridgehead atoms. The molecule has 1 fully saturated rings. The maximum absolute atomic E-state index is 13.0. The summed E-state index contributed by atoms with van der Waals surface area (Å²) in [5, 5.41) is 7.86. The number of fused-ring (bicyclic) bond motifs is 1. The number of hydrogen-bond acceptors (Lipinski definition) is 3. The van der Waals surface area contributed by atoms with Crippen LogP contribution in [0.3, 0.4) is 0 Å². The molecule has 2 heterocycles. The molecule has 2 aromatic carbocycles. The van der Waals surface area contributed by atoms with Crippen LogP contribution >= 0.6 is 0 Å². The molecule has 1 aliphatic heterocycles. The topological polar surface area (TPSA) is 58.2 Å². The molecular formula is C19H19N3O2. The predicted molar refractivity (Wildman–Crippen MR) is 91.7 cm³/mol. The predicted octanol–water partition coefficient (Wildman–Crippen LogP) is 3.17. The molecule has 3 aromatic rings. The van der Waals surface area contributed by atoms with E-state index in [2.05, 4.69) is 10.2 Å². The quantitative estimate of drug-likeness (QED) is 0.789. The molecule has 1 aliphatic rings. The first-order chi connectivity index (χ1) is 11.7. The normalized spacial score (nSPS) is 21.1. The SMILES string of the molecule is C[C@@H]1CO[C@H](c2ccccc2)CN1C(=O)c1ccc2[nH]ncc2c1. The van der Waals surface area contributed by atoms with Crippen molar-refractivity contribution in [3.63, 3.8) is 0 Å². The van der Waals surface area contributed by atoms with Crippen LogP contribution < -0.4 is 0 Å². The highest BCUT2D eigenvalue weighted by Crippen LogP contribution is 2.26. The van der Waals surface area contributed by atoms with Crippen LogP contribution in [0, 0.1) is 0 Å². The Bertz CT molecular complexity index is 859. The van der Waals surface area contributed by atoms with E-state index < -0.39 is 0 Å². The van der Waals surface area contributed by atoms with Gasteiger partial charge in [-0.05, 0) is 30.7 Å². The summed E-state index contributed by atoms with van der Waals surface area (Å²) in [6, 6.07) is 15.8. The summed E-state index contributed by atoms with van der Waals surface area (Å²) in [5.74, 6) is 0.0369. The highest BCUT2D eigenvalue weighted by molar-refractivity contribution is 5.98. The minimum atomic E-state index is -0.0796. The Morgan fingerprint density at radius 1 is 1.25 bits per heavy atom. The van der Waals surface area contributed by atoms with Gasteiger partial charge in [0, 0.05) is 10.9 Å².